The second-order valence-corrected chi connectivity index (χ2v) is 4.92. The van der Waals surface area contributed by atoms with E-state index in [0.717, 1.165) is 17.9 Å². The number of hydrogen-bond acceptors (Lipinski definition) is 3. The van der Waals surface area contributed by atoms with E-state index in [-0.39, 0.29) is 0 Å². The lowest BCUT2D eigenvalue weighted by molar-refractivity contribution is 0.193. The minimum Gasteiger partial charge on any atom is -0.386 e. The summed E-state index contributed by atoms with van der Waals surface area (Å²) in [5, 5.41) is 14.5. The lowest BCUT2D eigenvalue weighted by atomic mass is 10.3. The van der Waals surface area contributed by atoms with E-state index in [2.05, 4.69) is 18.9 Å². The summed E-state index contributed by atoms with van der Waals surface area (Å²) in [6.07, 6.45) is 2.46. The number of aliphatic hydroxyl groups is 1. The van der Waals surface area contributed by atoms with Crippen molar-refractivity contribution in [3.8, 4) is 0 Å². The van der Waals surface area contributed by atoms with Gasteiger partial charge in [0.25, 0.3) is 0 Å². The molecule has 0 aliphatic carbocycles. The van der Waals surface area contributed by atoms with Crippen LogP contribution in [0.5, 0.6) is 0 Å². The smallest absolute Gasteiger partial charge is 0.105 e. The Hall–Kier alpha value is -0.480. The van der Waals surface area contributed by atoms with Crippen molar-refractivity contribution in [1.29, 1.82) is 0 Å². The number of nitrogens with zero attached hydrogens (tertiary/aromatic N) is 2. The van der Waals surface area contributed by atoms with Gasteiger partial charge in [-0.05, 0) is 12.5 Å². The molecule has 0 spiro atoms. The molecule has 2 atom stereocenters. The number of hydrogen-bond donors (Lipinski definition) is 1. The molecule has 0 aliphatic heterocycles. The van der Waals surface area contributed by atoms with Crippen molar-refractivity contribution in [2.45, 2.75) is 31.6 Å². The van der Waals surface area contributed by atoms with Gasteiger partial charge in [-0.25, -0.2) is 0 Å². The summed E-state index contributed by atoms with van der Waals surface area (Å²) in [5.41, 5.74) is 0.890. The number of aliphatic hydroxyl groups excluding tert-OH is 1. The molecular weight excluding hydrogens is 196 g/mol. The van der Waals surface area contributed by atoms with Gasteiger partial charge in [-0.1, -0.05) is 13.8 Å². The molecule has 0 radical (unpaired) electrons. The zero-order valence-electron chi connectivity index (χ0n) is 8.97. The standard InChI is InChI=1S/C10H18N2OS/c1-4-8(2)14-7-10(13)9-5-6-11-12(9)3/h5-6,8,10,13H,4,7H2,1-3H3. The van der Waals surface area contributed by atoms with Crippen LogP contribution in [-0.4, -0.2) is 25.9 Å². The van der Waals surface area contributed by atoms with Crippen molar-refractivity contribution in [2.24, 2.45) is 7.05 Å². The highest BCUT2D eigenvalue weighted by Crippen LogP contribution is 2.21. The molecule has 4 heteroatoms. The third-order valence-corrected chi connectivity index (χ3v) is 3.72. The lowest BCUT2D eigenvalue weighted by Gasteiger charge is -2.13. The van der Waals surface area contributed by atoms with Crippen LogP contribution >= 0.6 is 11.8 Å². The van der Waals surface area contributed by atoms with Crippen molar-refractivity contribution in [2.75, 3.05) is 5.75 Å². The van der Waals surface area contributed by atoms with Gasteiger partial charge in [0.15, 0.2) is 0 Å². The molecule has 1 aromatic heterocycles. The van der Waals surface area contributed by atoms with Gasteiger partial charge < -0.3 is 5.11 Å². The van der Waals surface area contributed by atoms with Crippen LogP contribution in [0.2, 0.25) is 0 Å². The van der Waals surface area contributed by atoms with E-state index in [9.17, 15) is 5.11 Å². The number of thioether (sulfide) groups is 1. The van der Waals surface area contributed by atoms with Crippen molar-refractivity contribution in [1.82, 2.24) is 9.78 Å². The van der Waals surface area contributed by atoms with E-state index >= 15 is 0 Å². The van der Waals surface area contributed by atoms with Gasteiger partial charge in [0, 0.05) is 24.2 Å². The Morgan fingerprint density at radius 3 is 2.86 bits per heavy atom. The monoisotopic (exact) mass is 214 g/mol. The topological polar surface area (TPSA) is 38.1 Å². The van der Waals surface area contributed by atoms with Crippen LogP contribution in [0, 0.1) is 0 Å². The minimum atomic E-state index is -0.401. The molecule has 2 unspecified atom stereocenters. The van der Waals surface area contributed by atoms with E-state index in [4.69, 9.17) is 0 Å². The lowest BCUT2D eigenvalue weighted by Crippen LogP contribution is -2.09. The predicted octanol–water partition coefficient (Wildman–Crippen LogP) is 1.99. The molecule has 0 saturated heterocycles. The second kappa shape index (κ2) is 5.41. The summed E-state index contributed by atoms with van der Waals surface area (Å²) in [7, 11) is 1.85. The summed E-state index contributed by atoms with van der Waals surface area (Å²) in [6, 6.07) is 1.86. The van der Waals surface area contributed by atoms with Crippen LogP contribution in [-0.2, 0) is 7.05 Å². The van der Waals surface area contributed by atoms with Gasteiger partial charge in [-0.2, -0.15) is 16.9 Å². The fourth-order valence-electron chi connectivity index (χ4n) is 1.17. The first-order valence-corrected chi connectivity index (χ1v) is 5.97. The Labute approximate surface area is 89.5 Å². The molecule has 0 amide bonds. The molecule has 1 aromatic rings. The van der Waals surface area contributed by atoms with Crippen molar-refractivity contribution in [3.05, 3.63) is 18.0 Å². The molecule has 1 heterocycles. The van der Waals surface area contributed by atoms with Gasteiger partial charge >= 0.3 is 0 Å². The first kappa shape index (κ1) is 11.6. The van der Waals surface area contributed by atoms with Gasteiger partial charge in [0.1, 0.15) is 6.10 Å². The maximum atomic E-state index is 9.85. The molecule has 3 nitrogen and oxygen atoms in total. The summed E-state index contributed by atoms with van der Waals surface area (Å²) in [5.74, 6) is 0.745. The zero-order valence-corrected chi connectivity index (χ0v) is 9.79. The summed E-state index contributed by atoms with van der Waals surface area (Å²) in [6.45, 7) is 4.34. The molecule has 0 fully saturated rings. The Morgan fingerprint density at radius 1 is 1.64 bits per heavy atom. The average molecular weight is 214 g/mol. The minimum absolute atomic E-state index is 0.401. The Morgan fingerprint density at radius 2 is 2.36 bits per heavy atom. The average Bonchev–Trinajstić information content (AvgIpc) is 2.60. The van der Waals surface area contributed by atoms with E-state index in [0.29, 0.717) is 5.25 Å². The van der Waals surface area contributed by atoms with Gasteiger partial charge in [-0.15, -0.1) is 0 Å². The molecular formula is C10H18N2OS. The van der Waals surface area contributed by atoms with Crippen molar-refractivity contribution >= 4 is 11.8 Å². The van der Waals surface area contributed by atoms with Gasteiger partial charge in [-0.3, -0.25) is 4.68 Å². The fraction of sp³-hybridized carbons (Fsp3) is 0.700. The summed E-state index contributed by atoms with van der Waals surface area (Å²) >= 11 is 1.80. The van der Waals surface area contributed by atoms with Gasteiger partial charge in [0.05, 0.1) is 5.69 Å². The Kier molecular flexibility index (Phi) is 4.48. The quantitative estimate of drug-likeness (QED) is 0.814. The molecule has 0 aromatic carbocycles. The molecule has 1 rings (SSSR count). The first-order chi connectivity index (χ1) is 6.65. The molecule has 1 N–H and O–H groups in total. The molecule has 0 saturated carbocycles. The third-order valence-electron chi connectivity index (χ3n) is 2.31. The fourth-order valence-corrected chi connectivity index (χ4v) is 2.09. The second-order valence-electron chi connectivity index (χ2n) is 3.45. The highest BCUT2D eigenvalue weighted by Gasteiger charge is 2.12. The Balaban J connectivity index is 2.43. The van der Waals surface area contributed by atoms with Crippen molar-refractivity contribution < 1.29 is 5.11 Å². The Bertz CT molecular complexity index is 275. The van der Waals surface area contributed by atoms with Crippen LogP contribution in [0.15, 0.2) is 12.3 Å². The summed E-state index contributed by atoms with van der Waals surface area (Å²) < 4.78 is 1.72. The van der Waals surface area contributed by atoms with Crippen LogP contribution in [0.1, 0.15) is 32.1 Å². The molecule has 0 bridgehead atoms. The van der Waals surface area contributed by atoms with Crippen molar-refractivity contribution in [3.63, 3.8) is 0 Å². The maximum Gasteiger partial charge on any atom is 0.105 e. The highest BCUT2D eigenvalue weighted by atomic mass is 32.2. The molecule has 0 aliphatic rings. The van der Waals surface area contributed by atoms with E-state index in [1.165, 1.54) is 0 Å². The molecule has 80 valence electrons. The zero-order chi connectivity index (χ0) is 10.6. The number of rotatable bonds is 5. The first-order valence-electron chi connectivity index (χ1n) is 4.92. The normalized spacial score (nSPS) is 15.4. The third kappa shape index (κ3) is 3.03. The van der Waals surface area contributed by atoms with E-state index < -0.39 is 6.10 Å². The predicted molar refractivity (Wildman–Crippen MR) is 60.4 cm³/mol. The highest BCUT2D eigenvalue weighted by molar-refractivity contribution is 7.99. The van der Waals surface area contributed by atoms with Crippen LogP contribution in [0.25, 0.3) is 0 Å². The largest absolute Gasteiger partial charge is 0.386 e. The molecule has 14 heavy (non-hydrogen) atoms. The van der Waals surface area contributed by atoms with Gasteiger partial charge in [0.2, 0.25) is 0 Å². The van der Waals surface area contributed by atoms with E-state index in [1.807, 2.05) is 13.1 Å². The maximum absolute atomic E-state index is 9.85. The van der Waals surface area contributed by atoms with Crippen LogP contribution < -0.4 is 0 Å². The number of aromatic nitrogens is 2. The summed E-state index contributed by atoms with van der Waals surface area (Å²) in [4.78, 5) is 0. The van der Waals surface area contributed by atoms with Crippen LogP contribution in [0.3, 0.4) is 0 Å². The van der Waals surface area contributed by atoms with E-state index in [1.54, 1.807) is 22.6 Å². The SMILES string of the molecule is CCC(C)SCC(O)c1ccnn1C. The van der Waals surface area contributed by atoms with Crippen LogP contribution in [0.4, 0.5) is 0 Å². The number of aryl methyl sites for hydroxylation is 1.